The Kier molecular flexibility index (Phi) is 7.60. The average molecular weight is 411 g/mol. The Bertz CT molecular complexity index is 814. The van der Waals surface area contributed by atoms with E-state index in [9.17, 15) is 18.0 Å². The van der Waals surface area contributed by atoms with Gasteiger partial charge in [0.2, 0.25) is 10.0 Å². The molecule has 1 atom stereocenters. The molecular weight excluding hydrogens is 380 g/mol. The van der Waals surface area contributed by atoms with E-state index in [2.05, 4.69) is 5.32 Å². The molecule has 1 N–H and O–H groups in total. The molecule has 0 unspecified atom stereocenters. The lowest BCUT2D eigenvalue weighted by molar-refractivity contribution is -0.125. The summed E-state index contributed by atoms with van der Waals surface area (Å²) in [6.07, 6.45) is 2.70. The predicted octanol–water partition coefficient (Wildman–Crippen LogP) is 2.49. The van der Waals surface area contributed by atoms with Gasteiger partial charge < -0.3 is 10.1 Å². The molecule has 1 aromatic rings. The third-order valence-corrected chi connectivity index (χ3v) is 7.12. The highest BCUT2D eigenvalue weighted by Crippen LogP contribution is 2.24. The number of aryl methyl sites for hydroxylation is 1. The van der Waals surface area contributed by atoms with E-state index in [1.165, 1.54) is 16.4 Å². The maximum Gasteiger partial charge on any atom is 0.338 e. The van der Waals surface area contributed by atoms with Crippen molar-refractivity contribution in [2.45, 2.75) is 57.9 Å². The fourth-order valence-corrected chi connectivity index (χ4v) is 4.69. The summed E-state index contributed by atoms with van der Waals surface area (Å²) < 4.78 is 32.4. The number of amides is 1. The van der Waals surface area contributed by atoms with Crippen molar-refractivity contribution >= 4 is 21.9 Å². The molecule has 1 amide bonds. The van der Waals surface area contributed by atoms with Crippen LogP contribution in [0.25, 0.3) is 0 Å². The van der Waals surface area contributed by atoms with Crippen molar-refractivity contribution in [1.29, 1.82) is 0 Å². The van der Waals surface area contributed by atoms with Crippen molar-refractivity contribution in [3.63, 3.8) is 0 Å². The summed E-state index contributed by atoms with van der Waals surface area (Å²) in [6.45, 7) is 8.11. The van der Waals surface area contributed by atoms with Gasteiger partial charge in [-0.05, 0) is 50.3 Å². The lowest BCUT2D eigenvalue weighted by Crippen LogP contribution is -2.38. The van der Waals surface area contributed by atoms with Crippen molar-refractivity contribution in [2.24, 2.45) is 5.92 Å². The molecule has 156 valence electrons. The summed E-state index contributed by atoms with van der Waals surface area (Å²) in [5.41, 5.74) is 0.691. The smallest absolute Gasteiger partial charge is 0.338 e. The topological polar surface area (TPSA) is 92.8 Å². The van der Waals surface area contributed by atoms with Gasteiger partial charge in [0.15, 0.2) is 6.61 Å². The van der Waals surface area contributed by atoms with Gasteiger partial charge in [0.05, 0.1) is 10.5 Å². The maximum atomic E-state index is 12.9. The molecule has 0 aliphatic carbocycles. The number of esters is 1. The van der Waals surface area contributed by atoms with E-state index in [0.29, 0.717) is 18.7 Å². The second kappa shape index (κ2) is 9.52. The van der Waals surface area contributed by atoms with Crippen LogP contribution in [0.2, 0.25) is 0 Å². The fourth-order valence-electron chi connectivity index (χ4n) is 2.93. The number of sulfonamides is 1. The van der Waals surface area contributed by atoms with Gasteiger partial charge >= 0.3 is 5.97 Å². The van der Waals surface area contributed by atoms with E-state index < -0.39 is 22.6 Å². The van der Waals surface area contributed by atoms with Gasteiger partial charge in [-0.3, -0.25) is 4.79 Å². The first-order chi connectivity index (χ1) is 13.1. The summed E-state index contributed by atoms with van der Waals surface area (Å²) in [5, 5.41) is 2.76. The van der Waals surface area contributed by atoms with Crippen LogP contribution in [0.1, 0.15) is 56.0 Å². The third kappa shape index (κ3) is 5.54. The number of piperidine rings is 1. The zero-order chi connectivity index (χ0) is 20.9. The number of nitrogens with one attached hydrogen (secondary N) is 1. The first kappa shape index (κ1) is 22.4. The lowest BCUT2D eigenvalue weighted by Gasteiger charge is -2.26. The summed E-state index contributed by atoms with van der Waals surface area (Å²) in [4.78, 5) is 24.3. The predicted molar refractivity (Wildman–Crippen MR) is 107 cm³/mol. The summed E-state index contributed by atoms with van der Waals surface area (Å²) in [7, 11) is -3.66. The number of carbonyl (C=O) groups excluding carboxylic acids is 2. The van der Waals surface area contributed by atoms with Crippen LogP contribution in [0.15, 0.2) is 23.1 Å². The molecule has 2 rings (SSSR count). The van der Waals surface area contributed by atoms with Crippen LogP contribution in [-0.2, 0) is 19.6 Å². The standard InChI is InChI=1S/C20H30N2O5S/c1-14(2)16(4)21-19(23)13-27-20(24)17-9-8-15(3)18(12-17)28(25,26)22-10-6-5-7-11-22/h8-9,12,14,16H,5-7,10-11,13H2,1-4H3,(H,21,23)/t16-/m0/s1. The average Bonchev–Trinajstić information content (AvgIpc) is 2.66. The Morgan fingerprint density at radius 3 is 2.39 bits per heavy atom. The molecule has 7 nitrogen and oxygen atoms in total. The molecule has 0 bridgehead atoms. The van der Waals surface area contributed by atoms with Gasteiger partial charge in [0.1, 0.15) is 0 Å². The Hall–Kier alpha value is -1.93. The van der Waals surface area contributed by atoms with Gasteiger partial charge in [-0.25, -0.2) is 13.2 Å². The number of rotatable bonds is 7. The SMILES string of the molecule is Cc1ccc(C(=O)OCC(=O)N[C@@H](C)C(C)C)cc1S(=O)(=O)N1CCCCC1. The number of ether oxygens (including phenoxy) is 1. The molecule has 28 heavy (non-hydrogen) atoms. The summed E-state index contributed by atoms with van der Waals surface area (Å²) >= 11 is 0. The van der Waals surface area contributed by atoms with Crippen LogP contribution in [0.5, 0.6) is 0 Å². The molecule has 1 saturated heterocycles. The van der Waals surface area contributed by atoms with Crippen LogP contribution < -0.4 is 5.32 Å². The molecule has 0 saturated carbocycles. The number of hydrogen-bond donors (Lipinski definition) is 1. The minimum atomic E-state index is -3.66. The van der Waals surface area contributed by atoms with Gasteiger partial charge in [-0.15, -0.1) is 0 Å². The van der Waals surface area contributed by atoms with Crippen LogP contribution in [-0.4, -0.2) is 50.3 Å². The second-order valence-corrected chi connectivity index (χ2v) is 9.53. The monoisotopic (exact) mass is 410 g/mol. The van der Waals surface area contributed by atoms with Gasteiger partial charge in [0.25, 0.3) is 5.91 Å². The molecule has 1 fully saturated rings. The number of carbonyl (C=O) groups is 2. The second-order valence-electron chi connectivity index (χ2n) is 7.62. The highest BCUT2D eigenvalue weighted by molar-refractivity contribution is 7.89. The highest BCUT2D eigenvalue weighted by atomic mass is 32.2. The van der Waals surface area contributed by atoms with E-state index >= 15 is 0 Å². The first-order valence-electron chi connectivity index (χ1n) is 9.70. The largest absolute Gasteiger partial charge is 0.452 e. The molecule has 0 spiro atoms. The van der Waals surface area contributed by atoms with Crippen LogP contribution >= 0.6 is 0 Å². The molecule has 1 aliphatic heterocycles. The number of hydrogen-bond acceptors (Lipinski definition) is 5. The van der Waals surface area contributed by atoms with Crippen LogP contribution in [0, 0.1) is 12.8 Å². The molecule has 8 heteroatoms. The summed E-state index contributed by atoms with van der Waals surface area (Å²) in [5.74, 6) is -0.843. The zero-order valence-corrected chi connectivity index (χ0v) is 17.8. The molecule has 0 aromatic heterocycles. The van der Waals surface area contributed by atoms with E-state index in [4.69, 9.17) is 4.74 Å². The normalized spacial score (nSPS) is 16.6. The van der Waals surface area contributed by atoms with Gasteiger partial charge in [-0.1, -0.05) is 26.3 Å². The van der Waals surface area contributed by atoms with Crippen LogP contribution in [0.3, 0.4) is 0 Å². The molecular formula is C20H30N2O5S. The Labute approximate surface area is 167 Å². The van der Waals surface area contributed by atoms with E-state index in [0.717, 1.165) is 19.3 Å². The quantitative estimate of drug-likeness (QED) is 0.697. The van der Waals surface area contributed by atoms with Crippen molar-refractivity contribution in [1.82, 2.24) is 9.62 Å². The van der Waals surface area contributed by atoms with E-state index in [1.807, 2.05) is 20.8 Å². The Morgan fingerprint density at radius 1 is 1.14 bits per heavy atom. The molecule has 1 aromatic carbocycles. The minimum Gasteiger partial charge on any atom is -0.452 e. The van der Waals surface area contributed by atoms with E-state index in [-0.39, 0.29) is 28.3 Å². The first-order valence-corrected chi connectivity index (χ1v) is 11.1. The highest BCUT2D eigenvalue weighted by Gasteiger charge is 2.28. The van der Waals surface area contributed by atoms with Crippen molar-refractivity contribution in [3.05, 3.63) is 29.3 Å². The Balaban J connectivity index is 2.09. The molecule has 1 aliphatic rings. The number of nitrogens with zero attached hydrogens (tertiary/aromatic N) is 1. The molecule has 1 heterocycles. The number of benzene rings is 1. The lowest BCUT2D eigenvalue weighted by atomic mass is 10.1. The maximum absolute atomic E-state index is 12.9. The van der Waals surface area contributed by atoms with Crippen LogP contribution in [0.4, 0.5) is 0 Å². The molecule has 0 radical (unpaired) electrons. The van der Waals surface area contributed by atoms with Gasteiger partial charge in [-0.2, -0.15) is 4.31 Å². The van der Waals surface area contributed by atoms with Crippen molar-refractivity contribution < 1.29 is 22.7 Å². The van der Waals surface area contributed by atoms with E-state index in [1.54, 1.807) is 13.0 Å². The minimum absolute atomic E-state index is 0.0353. The summed E-state index contributed by atoms with van der Waals surface area (Å²) in [6, 6.07) is 4.42. The van der Waals surface area contributed by atoms with Gasteiger partial charge in [0, 0.05) is 19.1 Å². The van der Waals surface area contributed by atoms with Crippen molar-refractivity contribution in [2.75, 3.05) is 19.7 Å². The zero-order valence-electron chi connectivity index (χ0n) is 17.0. The van der Waals surface area contributed by atoms with Crippen molar-refractivity contribution in [3.8, 4) is 0 Å². The fraction of sp³-hybridized carbons (Fsp3) is 0.600. The Morgan fingerprint density at radius 2 is 1.79 bits per heavy atom. The third-order valence-electron chi connectivity index (χ3n) is 5.08.